The average molecular weight is 456 g/mol. The van der Waals surface area contributed by atoms with Gasteiger partial charge in [0.1, 0.15) is 5.69 Å². The molecule has 0 unspecified atom stereocenters. The fraction of sp³-hybridized carbons (Fsp3) is 0.176. The van der Waals surface area contributed by atoms with Crippen LogP contribution in [-0.2, 0) is 0 Å². The zero-order valence-electron chi connectivity index (χ0n) is 14.3. The second-order valence-corrected chi connectivity index (χ2v) is 5.41. The van der Waals surface area contributed by atoms with Gasteiger partial charge in [-0.3, -0.25) is 4.79 Å². The van der Waals surface area contributed by atoms with E-state index in [9.17, 15) is 4.79 Å². The molecule has 0 spiro atoms. The van der Waals surface area contributed by atoms with Crippen molar-refractivity contribution in [1.82, 2.24) is 0 Å². The maximum absolute atomic E-state index is 12.6. The molecule has 0 fully saturated rings. The fourth-order valence-corrected chi connectivity index (χ4v) is 2.32. The molecule has 136 valence electrons. The number of aryl methyl sites for hydroxylation is 1. The monoisotopic (exact) mass is 456 g/mol. The highest BCUT2D eigenvalue weighted by Crippen LogP contribution is 2.27. The Bertz CT molecular complexity index is 858. The largest absolute Gasteiger partial charge is 0.398 e. The molecule has 0 saturated carbocycles. The quantitative estimate of drug-likeness (QED) is 0.232. The van der Waals surface area contributed by atoms with Gasteiger partial charge in [-0.1, -0.05) is 0 Å². The van der Waals surface area contributed by atoms with Crippen LogP contribution in [0.25, 0.3) is 0 Å². The Morgan fingerprint density at radius 2 is 1.84 bits per heavy atom. The van der Waals surface area contributed by atoms with Gasteiger partial charge in [-0.05, 0) is 49.7 Å². The van der Waals surface area contributed by atoms with Crippen molar-refractivity contribution in [2.24, 2.45) is 10.2 Å². The highest BCUT2D eigenvalue weighted by atomic mass is 127. The molecule has 0 atom stereocenters. The van der Waals surface area contributed by atoms with Crippen molar-refractivity contribution in [3.63, 3.8) is 0 Å². The lowest BCUT2D eigenvalue weighted by molar-refractivity contribution is 0.102. The standard InChI is InChI=1S/C17H20N6O.HI.2H2/c1-9-6-15(20)16(23-21-3)8-12(9)17(24)22-11-4-5-14(19)13(7-11)10(2)18;;;/h4-8,18H,19-20H2,1-3H3,(H,22,24);3*1H. The number of nitrogen functional groups attached to an aromatic ring is 2. The van der Waals surface area contributed by atoms with Crippen molar-refractivity contribution in [3.05, 3.63) is 47.0 Å². The van der Waals surface area contributed by atoms with E-state index in [-0.39, 0.29) is 32.7 Å². The molecule has 7 nitrogen and oxygen atoms in total. The van der Waals surface area contributed by atoms with Gasteiger partial charge in [-0.25, -0.2) is 0 Å². The topological polar surface area (TPSA) is 130 Å². The number of azo groups is 1. The van der Waals surface area contributed by atoms with Crippen LogP contribution in [0.15, 0.2) is 40.6 Å². The third-order valence-corrected chi connectivity index (χ3v) is 3.54. The Kier molecular flexibility index (Phi) is 7.04. The second-order valence-electron chi connectivity index (χ2n) is 5.41. The van der Waals surface area contributed by atoms with Gasteiger partial charge in [-0.2, -0.15) is 10.2 Å². The zero-order valence-corrected chi connectivity index (χ0v) is 16.6. The molecule has 0 aromatic heterocycles. The van der Waals surface area contributed by atoms with Crippen LogP contribution in [0.2, 0.25) is 0 Å². The fourth-order valence-electron chi connectivity index (χ4n) is 2.32. The van der Waals surface area contributed by atoms with E-state index in [1.165, 1.54) is 7.05 Å². The maximum Gasteiger partial charge on any atom is 0.256 e. The summed E-state index contributed by atoms with van der Waals surface area (Å²) in [5.74, 6) is -0.293. The van der Waals surface area contributed by atoms with Gasteiger partial charge in [0.05, 0.1) is 5.69 Å². The number of halogens is 1. The minimum atomic E-state index is -0.293. The molecule has 2 aromatic carbocycles. The minimum Gasteiger partial charge on any atom is -0.398 e. The minimum absolute atomic E-state index is 0. The van der Waals surface area contributed by atoms with E-state index >= 15 is 0 Å². The summed E-state index contributed by atoms with van der Waals surface area (Å²) in [5, 5.41) is 18.1. The number of nitrogens with zero attached hydrogens (tertiary/aromatic N) is 2. The number of carbonyl (C=O) groups is 1. The first kappa shape index (κ1) is 20.6. The average Bonchev–Trinajstić information content (AvgIpc) is 2.51. The molecule has 2 rings (SSSR count). The summed E-state index contributed by atoms with van der Waals surface area (Å²) in [6.45, 7) is 3.44. The van der Waals surface area contributed by atoms with Gasteiger partial charge < -0.3 is 22.2 Å². The Labute approximate surface area is 166 Å². The normalized spacial score (nSPS) is 10.4. The number of hydrogen-bond donors (Lipinski definition) is 4. The van der Waals surface area contributed by atoms with Crippen LogP contribution in [0.3, 0.4) is 0 Å². The molecular weight excluding hydrogens is 431 g/mol. The van der Waals surface area contributed by atoms with Crippen LogP contribution in [0, 0.1) is 12.3 Å². The Balaban J connectivity index is 0. The van der Waals surface area contributed by atoms with Gasteiger partial charge in [-0.15, -0.1) is 24.0 Å². The second kappa shape index (κ2) is 8.56. The van der Waals surface area contributed by atoms with Crippen molar-refractivity contribution in [3.8, 4) is 0 Å². The third kappa shape index (κ3) is 4.75. The molecule has 2 aromatic rings. The van der Waals surface area contributed by atoms with Crippen molar-refractivity contribution < 1.29 is 7.65 Å². The molecule has 6 N–H and O–H groups in total. The van der Waals surface area contributed by atoms with Crippen LogP contribution in [0.5, 0.6) is 0 Å². The summed E-state index contributed by atoms with van der Waals surface area (Å²) < 4.78 is 0. The van der Waals surface area contributed by atoms with Crippen LogP contribution >= 0.6 is 24.0 Å². The van der Waals surface area contributed by atoms with E-state index in [0.717, 1.165) is 5.56 Å². The predicted octanol–water partition coefficient (Wildman–Crippen LogP) is 4.62. The third-order valence-electron chi connectivity index (χ3n) is 3.54. The number of amides is 1. The number of nitrogens with two attached hydrogens (primary N) is 2. The molecule has 0 bridgehead atoms. The van der Waals surface area contributed by atoms with Crippen LogP contribution in [-0.4, -0.2) is 18.7 Å². The van der Waals surface area contributed by atoms with E-state index in [2.05, 4.69) is 15.5 Å². The molecule has 0 heterocycles. The first-order chi connectivity index (χ1) is 11.3. The van der Waals surface area contributed by atoms with Crippen molar-refractivity contribution in [2.45, 2.75) is 13.8 Å². The molecule has 0 aliphatic heterocycles. The number of carbonyl (C=O) groups excluding carboxylic acids is 1. The van der Waals surface area contributed by atoms with Crippen LogP contribution in [0.1, 0.15) is 31.3 Å². The lowest BCUT2D eigenvalue weighted by Gasteiger charge is -2.12. The summed E-state index contributed by atoms with van der Waals surface area (Å²) in [5.41, 5.74) is 15.8. The lowest BCUT2D eigenvalue weighted by atomic mass is 10.0. The predicted molar refractivity (Wildman–Crippen MR) is 117 cm³/mol. The van der Waals surface area contributed by atoms with Gasteiger partial charge in [0.25, 0.3) is 5.91 Å². The number of hydrogen-bond acceptors (Lipinski definition) is 6. The number of benzene rings is 2. The van der Waals surface area contributed by atoms with Gasteiger partial charge >= 0.3 is 0 Å². The van der Waals surface area contributed by atoms with Gasteiger partial charge in [0.15, 0.2) is 0 Å². The Morgan fingerprint density at radius 1 is 1.16 bits per heavy atom. The number of anilines is 3. The summed E-state index contributed by atoms with van der Waals surface area (Å²) in [7, 11) is 1.54. The first-order valence-corrected chi connectivity index (χ1v) is 7.30. The van der Waals surface area contributed by atoms with E-state index in [4.69, 9.17) is 16.9 Å². The molecule has 0 radical (unpaired) electrons. The zero-order chi connectivity index (χ0) is 17.9. The number of rotatable bonds is 4. The van der Waals surface area contributed by atoms with Crippen LogP contribution in [0.4, 0.5) is 22.7 Å². The highest BCUT2D eigenvalue weighted by Gasteiger charge is 2.13. The van der Waals surface area contributed by atoms with E-state index in [0.29, 0.717) is 39.6 Å². The molecule has 25 heavy (non-hydrogen) atoms. The van der Waals surface area contributed by atoms with Crippen molar-refractivity contribution in [2.75, 3.05) is 23.8 Å². The Morgan fingerprint density at radius 3 is 2.44 bits per heavy atom. The van der Waals surface area contributed by atoms with Crippen molar-refractivity contribution in [1.29, 1.82) is 5.41 Å². The molecule has 0 aliphatic carbocycles. The Hall–Kier alpha value is -2.49. The molecule has 8 heteroatoms. The maximum atomic E-state index is 12.6. The summed E-state index contributed by atoms with van der Waals surface area (Å²) >= 11 is 0. The van der Waals surface area contributed by atoms with E-state index < -0.39 is 0 Å². The van der Waals surface area contributed by atoms with E-state index in [1.807, 2.05) is 0 Å². The molecule has 1 amide bonds. The summed E-state index contributed by atoms with van der Waals surface area (Å²) in [4.78, 5) is 12.6. The first-order valence-electron chi connectivity index (χ1n) is 7.30. The van der Waals surface area contributed by atoms with Crippen molar-refractivity contribution >= 4 is 58.3 Å². The molecular formula is C17H25IN6O. The molecule has 0 aliphatic rings. The SMILES string of the molecule is CN=Nc1cc(C(=O)Nc2ccc(N)c(C(C)=N)c2)c(C)cc1N.I.[HH].[HH]. The summed E-state index contributed by atoms with van der Waals surface area (Å²) in [6, 6.07) is 8.32. The van der Waals surface area contributed by atoms with Gasteiger partial charge in [0, 0.05) is 38.1 Å². The lowest BCUT2D eigenvalue weighted by Crippen LogP contribution is -2.14. The summed E-state index contributed by atoms with van der Waals surface area (Å²) in [6.07, 6.45) is 0. The smallest absolute Gasteiger partial charge is 0.256 e. The van der Waals surface area contributed by atoms with Crippen LogP contribution < -0.4 is 16.8 Å². The molecule has 0 saturated heterocycles. The van der Waals surface area contributed by atoms with E-state index in [1.54, 1.807) is 44.2 Å². The highest BCUT2D eigenvalue weighted by molar-refractivity contribution is 14.0. The number of nitrogens with one attached hydrogen (secondary N) is 2. The van der Waals surface area contributed by atoms with Gasteiger partial charge in [0.2, 0.25) is 0 Å².